The van der Waals surface area contributed by atoms with Crippen LogP contribution in [0.5, 0.6) is 11.5 Å². The summed E-state index contributed by atoms with van der Waals surface area (Å²) in [6.07, 6.45) is 1.58. The lowest BCUT2D eigenvalue weighted by atomic mass is 9.95. The maximum Gasteiger partial charge on any atom is 0.300 e. The van der Waals surface area contributed by atoms with Gasteiger partial charge in [-0.05, 0) is 55.3 Å². The van der Waals surface area contributed by atoms with Crippen molar-refractivity contribution < 1.29 is 24.2 Å². The number of hydrogen-bond donors (Lipinski definition) is 1. The van der Waals surface area contributed by atoms with Crippen LogP contribution in [0.4, 0.5) is 5.69 Å². The Balaban J connectivity index is 2.02. The number of ketones is 1. The van der Waals surface area contributed by atoms with Gasteiger partial charge < -0.3 is 14.6 Å². The maximum atomic E-state index is 13.3. The second kappa shape index (κ2) is 8.78. The zero-order valence-corrected chi connectivity index (χ0v) is 18.8. The molecule has 2 aromatic carbocycles. The molecule has 1 amide bonds. The third kappa shape index (κ3) is 3.71. The first-order valence-corrected chi connectivity index (χ1v) is 10.4. The SMILES string of the molecule is COc1ccccc1N1C(=O)C(=O)/C(=C(/O)c2cc(C)cc(C)c2OC)C1c1ccccn1. The molecular weight excluding hydrogens is 420 g/mol. The van der Waals surface area contributed by atoms with Gasteiger partial charge in [-0.15, -0.1) is 0 Å². The third-order valence-electron chi connectivity index (χ3n) is 5.64. The largest absolute Gasteiger partial charge is 0.507 e. The average molecular weight is 444 g/mol. The minimum absolute atomic E-state index is 0.0621. The van der Waals surface area contributed by atoms with Crippen molar-refractivity contribution in [2.75, 3.05) is 19.1 Å². The van der Waals surface area contributed by atoms with Gasteiger partial charge in [-0.1, -0.05) is 24.3 Å². The number of aliphatic hydroxyl groups excluding tert-OH is 1. The summed E-state index contributed by atoms with van der Waals surface area (Å²) in [7, 11) is 2.99. The smallest absolute Gasteiger partial charge is 0.300 e. The average Bonchev–Trinajstić information content (AvgIpc) is 3.09. The molecule has 0 spiro atoms. The number of amides is 1. The van der Waals surface area contributed by atoms with Crippen LogP contribution in [0, 0.1) is 13.8 Å². The van der Waals surface area contributed by atoms with E-state index in [-0.39, 0.29) is 11.3 Å². The van der Waals surface area contributed by atoms with Crippen LogP contribution in [0.25, 0.3) is 5.76 Å². The predicted octanol–water partition coefficient (Wildman–Crippen LogP) is 4.34. The van der Waals surface area contributed by atoms with E-state index in [4.69, 9.17) is 9.47 Å². The van der Waals surface area contributed by atoms with Crippen LogP contribution < -0.4 is 14.4 Å². The fraction of sp³-hybridized carbons (Fsp3) is 0.192. The second-order valence-corrected chi connectivity index (χ2v) is 7.76. The number of anilines is 1. The molecule has 1 atom stereocenters. The Morgan fingerprint density at radius 2 is 1.73 bits per heavy atom. The molecule has 33 heavy (non-hydrogen) atoms. The van der Waals surface area contributed by atoms with Crippen molar-refractivity contribution in [3.05, 3.63) is 88.8 Å². The second-order valence-electron chi connectivity index (χ2n) is 7.76. The summed E-state index contributed by atoms with van der Waals surface area (Å²) in [5.74, 6) is -1.05. The van der Waals surface area contributed by atoms with E-state index in [1.54, 1.807) is 54.7 Å². The van der Waals surface area contributed by atoms with E-state index in [0.717, 1.165) is 11.1 Å². The van der Waals surface area contributed by atoms with Crippen LogP contribution in [-0.2, 0) is 9.59 Å². The van der Waals surface area contributed by atoms with Crippen LogP contribution in [0.3, 0.4) is 0 Å². The fourth-order valence-electron chi connectivity index (χ4n) is 4.27. The summed E-state index contributed by atoms with van der Waals surface area (Å²) in [5.41, 5.74) is 2.80. The molecule has 0 radical (unpaired) electrons. The molecule has 1 aliphatic heterocycles. The van der Waals surface area contributed by atoms with Gasteiger partial charge >= 0.3 is 0 Å². The highest BCUT2D eigenvalue weighted by Crippen LogP contribution is 2.45. The first-order valence-electron chi connectivity index (χ1n) is 10.4. The highest BCUT2D eigenvalue weighted by atomic mass is 16.5. The van der Waals surface area contributed by atoms with E-state index in [0.29, 0.717) is 28.4 Å². The van der Waals surface area contributed by atoms with Gasteiger partial charge in [-0.2, -0.15) is 0 Å². The number of methoxy groups -OCH3 is 2. The molecule has 2 heterocycles. The number of aryl methyl sites for hydroxylation is 2. The Hall–Kier alpha value is -4.13. The molecule has 0 aliphatic carbocycles. The Kier molecular flexibility index (Phi) is 5.87. The molecule has 1 saturated heterocycles. The van der Waals surface area contributed by atoms with Crippen molar-refractivity contribution in [3.63, 3.8) is 0 Å². The summed E-state index contributed by atoms with van der Waals surface area (Å²) < 4.78 is 11.0. The normalized spacial score (nSPS) is 17.3. The number of nitrogens with zero attached hydrogens (tertiary/aromatic N) is 2. The molecule has 0 saturated carbocycles. The first-order chi connectivity index (χ1) is 15.9. The number of para-hydroxylation sites is 2. The zero-order valence-electron chi connectivity index (χ0n) is 18.8. The predicted molar refractivity (Wildman–Crippen MR) is 124 cm³/mol. The van der Waals surface area contributed by atoms with Gasteiger partial charge in [0.1, 0.15) is 23.3 Å². The number of aromatic nitrogens is 1. The van der Waals surface area contributed by atoms with Crippen LogP contribution in [0.15, 0.2) is 66.4 Å². The molecule has 1 unspecified atom stereocenters. The Labute approximate surface area is 191 Å². The molecule has 1 N–H and O–H groups in total. The van der Waals surface area contributed by atoms with Gasteiger partial charge in [0, 0.05) is 6.20 Å². The first kappa shape index (κ1) is 22.1. The van der Waals surface area contributed by atoms with E-state index in [9.17, 15) is 14.7 Å². The number of carbonyl (C=O) groups excluding carboxylic acids is 2. The van der Waals surface area contributed by atoms with E-state index in [1.807, 2.05) is 19.9 Å². The Morgan fingerprint density at radius 1 is 1.00 bits per heavy atom. The molecule has 7 nitrogen and oxygen atoms in total. The number of hydrogen-bond acceptors (Lipinski definition) is 6. The Bertz CT molecular complexity index is 1270. The quantitative estimate of drug-likeness (QED) is 0.358. The third-order valence-corrected chi connectivity index (χ3v) is 5.64. The number of pyridine rings is 1. The molecule has 1 aliphatic rings. The minimum Gasteiger partial charge on any atom is -0.507 e. The molecule has 1 fully saturated rings. The number of carbonyl (C=O) groups is 2. The number of ether oxygens (including phenoxy) is 2. The zero-order chi connectivity index (χ0) is 23.7. The van der Waals surface area contributed by atoms with Crippen molar-refractivity contribution in [3.8, 4) is 11.5 Å². The van der Waals surface area contributed by atoms with Gasteiger partial charge in [0.15, 0.2) is 0 Å². The molecule has 4 rings (SSSR count). The van der Waals surface area contributed by atoms with E-state index in [1.165, 1.54) is 19.1 Å². The lowest BCUT2D eigenvalue weighted by Crippen LogP contribution is -2.30. The number of Topliss-reactive ketones (excluding diaryl/α,β-unsaturated/α-hetero) is 1. The lowest BCUT2D eigenvalue weighted by Gasteiger charge is -2.26. The molecule has 0 bridgehead atoms. The summed E-state index contributed by atoms with van der Waals surface area (Å²) in [4.78, 5) is 32.4. The van der Waals surface area contributed by atoms with E-state index in [2.05, 4.69) is 4.98 Å². The highest BCUT2D eigenvalue weighted by molar-refractivity contribution is 6.51. The molecule has 7 heteroatoms. The topological polar surface area (TPSA) is 89.0 Å². The van der Waals surface area contributed by atoms with Crippen LogP contribution in [-0.4, -0.2) is 36.0 Å². The van der Waals surface area contributed by atoms with Crippen molar-refractivity contribution in [2.45, 2.75) is 19.9 Å². The number of aliphatic hydroxyl groups is 1. The van der Waals surface area contributed by atoms with Crippen LogP contribution in [0.2, 0.25) is 0 Å². The minimum atomic E-state index is -0.951. The van der Waals surface area contributed by atoms with E-state index >= 15 is 0 Å². The Morgan fingerprint density at radius 3 is 2.39 bits per heavy atom. The molecule has 1 aromatic heterocycles. The summed E-state index contributed by atoms with van der Waals surface area (Å²) in [6.45, 7) is 3.74. The van der Waals surface area contributed by atoms with Crippen molar-refractivity contribution in [1.82, 2.24) is 4.98 Å². The summed E-state index contributed by atoms with van der Waals surface area (Å²) in [5, 5.41) is 11.4. The highest BCUT2D eigenvalue weighted by Gasteiger charge is 2.48. The molecule has 3 aromatic rings. The summed E-state index contributed by atoms with van der Waals surface area (Å²) in [6, 6.07) is 14.8. The lowest BCUT2D eigenvalue weighted by molar-refractivity contribution is -0.132. The van der Waals surface area contributed by atoms with Crippen LogP contribution in [0.1, 0.15) is 28.4 Å². The standard InChI is InChI=1S/C26H24N2O5/c1-15-13-16(2)25(33-4)17(14-15)23(29)21-22(18-9-7-8-12-27-18)28(26(31)24(21)30)19-10-5-6-11-20(19)32-3/h5-14,22,29H,1-4H3/b23-21+. The summed E-state index contributed by atoms with van der Waals surface area (Å²) >= 11 is 0. The van der Waals surface area contributed by atoms with Crippen molar-refractivity contribution >= 4 is 23.1 Å². The van der Waals surface area contributed by atoms with Crippen LogP contribution >= 0.6 is 0 Å². The van der Waals surface area contributed by atoms with Gasteiger partial charge in [0.25, 0.3) is 11.7 Å². The van der Waals surface area contributed by atoms with E-state index < -0.39 is 17.7 Å². The number of benzene rings is 2. The van der Waals surface area contributed by atoms with Gasteiger partial charge in [-0.25, -0.2) is 0 Å². The van der Waals surface area contributed by atoms with Gasteiger partial charge in [-0.3, -0.25) is 19.5 Å². The molecular formula is C26H24N2O5. The fourth-order valence-corrected chi connectivity index (χ4v) is 4.27. The van der Waals surface area contributed by atoms with Gasteiger partial charge in [0.05, 0.1) is 36.7 Å². The maximum absolute atomic E-state index is 13.3. The van der Waals surface area contributed by atoms with Crippen molar-refractivity contribution in [1.29, 1.82) is 0 Å². The monoisotopic (exact) mass is 444 g/mol. The molecule has 168 valence electrons. The number of rotatable bonds is 5. The van der Waals surface area contributed by atoms with Gasteiger partial charge in [0.2, 0.25) is 0 Å². The van der Waals surface area contributed by atoms with Crippen molar-refractivity contribution in [2.24, 2.45) is 0 Å².